The normalized spacial score (nSPS) is 16.0. The molecule has 1 aliphatic carbocycles. The van der Waals surface area contributed by atoms with Crippen LogP contribution in [0.1, 0.15) is 31.7 Å². The molecule has 20 heavy (non-hydrogen) atoms. The number of nitrogens with two attached hydrogens (primary N) is 1. The van der Waals surface area contributed by atoms with Crippen LogP contribution in [0.5, 0.6) is 0 Å². The Hall–Kier alpha value is -1.49. The third kappa shape index (κ3) is 3.54. The number of carbonyl (C=O) groups excluding carboxylic acids is 1. The fourth-order valence-corrected chi connectivity index (χ4v) is 2.26. The maximum atomic E-state index is 13.7. The van der Waals surface area contributed by atoms with E-state index >= 15 is 0 Å². The molecule has 3 nitrogen and oxygen atoms in total. The van der Waals surface area contributed by atoms with Crippen molar-refractivity contribution in [3.05, 3.63) is 35.4 Å². The molecule has 1 aliphatic rings. The first-order valence-corrected chi connectivity index (χ1v) is 6.97. The molecular formula is C15H20F2N2O. The molecule has 0 spiro atoms. The van der Waals surface area contributed by atoms with E-state index in [0.717, 1.165) is 18.9 Å². The standard InChI is InChI=1S/C15H20F2N2O/c1-10(6-7-18)15(20)19(13-4-5-13)9-11-2-3-12(16)8-14(11)17/h2-3,8,10,13H,4-7,9,18H2,1H3. The number of benzene rings is 1. The number of rotatable bonds is 6. The summed E-state index contributed by atoms with van der Waals surface area (Å²) < 4.78 is 26.6. The molecule has 0 heterocycles. The van der Waals surface area contributed by atoms with Gasteiger partial charge in [-0.15, -0.1) is 0 Å². The molecule has 1 aromatic rings. The Labute approximate surface area is 117 Å². The molecule has 1 amide bonds. The van der Waals surface area contributed by atoms with Crippen molar-refractivity contribution in [1.29, 1.82) is 0 Å². The minimum Gasteiger partial charge on any atom is -0.335 e. The second-order valence-electron chi connectivity index (χ2n) is 5.41. The second-order valence-corrected chi connectivity index (χ2v) is 5.41. The van der Waals surface area contributed by atoms with E-state index in [1.165, 1.54) is 12.1 Å². The summed E-state index contributed by atoms with van der Waals surface area (Å²) in [5, 5.41) is 0. The molecule has 0 aromatic heterocycles. The molecule has 0 radical (unpaired) electrons. The van der Waals surface area contributed by atoms with Crippen LogP contribution >= 0.6 is 0 Å². The van der Waals surface area contributed by atoms with E-state index in [1.807, 2.05) is 6.92 Å². The SMILES string of the molecule is CC(CCN)C(=O)N(Cc1ccc(F)cc1F)C1CC1. The monoisotopic (exact) mass is 282 g/mol. The first-order chi connectivity index (χ1) is 9.52. The predicted octanol–water partition coefficient (Wildman–Crippen LogP) is 2.44. The van der Waals surface area contributed by atoms with Crippen molar-refractivity contribution in [1.82, 2.24) is 4.90 Å². The van der Waals surface area contributed by atoms with Gasteiger partial charge in [0.15, 0.2) is 0 Å². The van der Waals surface area contributed by atoms with Gasteiger partial charge in [-0.05, 0) is 31.9 Å². The molecule has 2 N–H and O–H groups in total. The third-order valence-corrected chi connectivity index (χ3v) is 3.65. The third-order valence-electron chi connectivity index (χ3n) is 3.65. The highest BCUT2D eigenvalue weighted by Gasteiger charge is 2.34. The van der Waals surface area contributed by atoms with Crippen molar-refractivity contribution in [2.24, 2.45) is 11.7 Å². The molecule has 0 saturated heterocycles. The molecule has 2 rings (SSSR count). The highest BCUT2D eigenvalue weighted by atomic mass is 19.1. The van der Waals surface area contributed by atoms with E-state index in [4.69, 9.17) is 5.73 Å². The van der Waals surface area contributed by atoms with Crippen LogP contribution in [-0.4, -0.2) is 23.4 Å². The maximum absolute atomic E-state index is 13.7. The number of halogens is 2. The first-order valence-electron chi connectivity index (χ1n) is 6.97. The summed E-state index contributed by atoms with van der Waals surface area (Å²) >= 11 is 0. The van der Waals surface area contributed by atoms with Crippen LogP contribution in [0.2, 0.25) is 0 Å². The number of carbonyl (C=O) groups is 1. The van der Waals surface area contributed by atoms with Crippen molar-refractivity contribution < 1.29 is 13.6 Å². The molecule has 1 aromatic carbocycles. The summed E-state index contributed by atoms with van der Waals surface area (Å²) in [6.07, 6.45) is 2.52. The minimum absolute atomic E-state index is 0.00155. The van der Waals surface area contributed by atoms with Gasteiger partial charge in [0.2, 0.25) is 5.91 Å². The average Bonchev–Trinajstić information content (AvgIpc) is 3.22. The topological polar surface area (TPSA) is 46.3 Å². The van der Waals surface area contributed by atoms with Crippen LogP contribution in [0.25, 0.3) is 0 Å². The van der Waals surface area contributed by atoms with Crippen LogP contribution < -0.4 is 5.73 Å². The van der Waals surface area contributed by atoms with Gasteiger partial charge in [0.1, 0.15) is 11.6 Å². The molecule has 1 fully saturated rings. The Kier molecular flexibility index (Phi) is 4.70. The van der Waals surface area contributed by atoms with Gasteiger partial charge in [-0.3, -0.25) is 4.79 Å². The summed E-state index contributed by atoms with van der Waals surface area (Å²) in [6.45, 7) is 2.49. The number of amides is 1. The Morgan fingerprint density at radius 1 is 1.45 bits per heavy atom. The van der Waals surface area contributed by atoms with Gasteiger partial charge in [-0.25, -0.2) is 8.78 Å². The molecule has 1 atom stereocenters. The molecule has 1 saturated carbocycles. The van der Waals surface area contributed by atoms with Gasteiger partial charge in [0, 0.05) is 30.1 Å². The van der Waals surface area contributed by atoms with Gasteiger partial charge in [-0.1, -0.05) is 13.0 Å². The number of hydrogen-bond acceptors (Lipinski definition) is 2. The molecule has 110 valence electrons. The lowest BCUT2D eigenvalue weighted by Gasteiger charge is -2.26. The van der Waals surface area contributed by atoms with Crippen molar-refractivity contribution in [3.8, 4) is 0 Å². The van der Waals surface area contributed by atoms with Crippen LogP contribution in [0, 0.1) is 17.6 Å². The Morgan fingerprint density at radius 2 is 2.15 bits per heavy atom. The number of hydrogen-bond donors (Lipinski definition) is 1. The quantitative estimate of drug-likeness (QED) is 0.871. The van der Waals surface area contributed by atoms with Crippen molar-refractivity contribution in [3.63, 3.8) is 0 Å². The van der Waals surface area contributed by atoms with Crippen LogP contribution in [0.4, 0.5) is 8.78 Å². The highest BCUT2D eigenvalue weighted by Crippen LogP contribution is 2.30. The summed E-state index contributed by atoms with van der Waals surface area (Å²) in [6, 6.07) is 3.67. The summed E-state index contributed by atoms with van der Waals surface area (Å²) in [4.78, 5) is 14.1. The highest BCUT2D eigenvalue weighted by molar-refractivity contribution is 5.79. The summed E-state index contributed by atoms with van der Waals surface area (Å²) in [7, 11) is 0. The van der Waals surface area contributed by atoms with E-state index in [9.17, 15) is 13.6 Å². The van der Waals surface area contributed by atoms with Crippen LogP contribution in [0.3, 0.4) is 0 Å². The fourth-order valence-electron chi connectivity index (χ4n) is 2.26. The van der Waals surface area contributed by atoms with Gasteiger partial charge >= 0.3 is 0 Å². The molecule has 0 aliphatic heterocycles. The molecule has 0 bridgehead atoms. The minimum atomic E-state index is -0.605. The zero-order valence-electron chi connectivity index (χ0n) is 11.6. The van der Waals surface area contributed by atoms with E-state index < -0.39 is 11.6 Å². The second kappa shape index (κ2) is 6.31. The molecule has 1 unspecified atom stereocenters. The lowest BCUT2D eigenvalue weighted by atomic mass is 10.1. The lowest BCUT2D eigenvalue weighted by molar-refractivity contribution is -0.136. The van der Waals surface area contributed by atoms with Crippen molar-refractivity contribution in [2.45, 2.75) is 38.8 Å². The predicted molar refractivity (Wildman–Crippen MR) is 72.8 cm³/mol. The Balaban J connectivity index is 2.11. The van der Waals surface area contributed by atoms with Crippen LogP contribution in [0.15, 0.2) is 18.2 Å². The average molecular weight is 282 g/mol. The van der Waals surface area contributed by atoms with E-state index in [-0.39, 0.29) is 24.4 Å². The fraction of sp³-hybridized carbons (Fsp3) is 0.533. The molecular weight excluding hydrogens is 262 g/mol. The van der Waals surface area contributed by atoms with E-state index in [2.05, 4.69) is 0 Å². The summed E-state index contributed by atoms with van der Waals surface area (Å²) in [5.74, 6) is -1.37. The van der Waals surface area contributed by atoms with Gasteiger partial charge in [0.25, 0.3) is 0 Å². The van der Waals surface area contributed by atoms with Gasteiger partial charge in [0.05, 0.1) is 0 Å². The van der Waals surface area contributed by atoms with Crippen LogP contribution in [-0.2, 0) is 11.3 Å². The van der Waals surface area contributed by atoms with Gasteiger partial charge < -0.3 is 10.6 Å². The van der Waals surface area contributed by atoms with Crippen molar-refractivity contribution >= 4 is 5.91 Å². The summed E-state index contributed by atoms with van der Waals surface area (Å²) in [5.41, 5.74) is 5.83. The van der Waals surface area contributed by atoms with Crippen molar-refractivity contribution in [2.75, 3.05) is 6.54 Å². The Bertz CT molecular complexity index is 489. The van der Waals surface area contributed by atoms with E-state index in [0.29, 0.717) is 18.5 Å². The van der Waals surface area contributed by atoms with Gasteiger partial charge in [-0.2, -0.15) is 0 Å². The lowest BCUT2D eigenvalue weighted by Crippen LogP contribution is -2.37. The zero-order valence-corrected chi connectivity index (χ0v) is 11.6. The van der Waals surface area contributed by atoms with E-state index in [1.54, 1.807) is 4.90 Å². The number of nitrogens with zero attached hydrogens (tertiary/aromatic N) is 1. The Morgan fingerprint density at radius 3 is 2.70 bits per heavy atom. The first kappa shape index (κ1) is 14.9. The zero-order chi connectivity index (χ0) is 14.7. The maximum Gasteiger partial charge on any atom is 0.226 e. The largest absolute Gasteiger partial charge is 0.335 e. The molecule has 5 heteroatoms. The smallest absolute Gasteiger partial charge is 0.226 e.